The van der Waals surface area contributed by atoms with Crippen molar-refractivity contribution in [2.75, 3.05) is 0 Å². The molecule has 0 heterocycles. The summed E-state index contributed by atoms with van der Waals surface area (Å²) in [6.07, 6.45) is -4.39. The van der Waals surface area contributed by atoms with Gasteiger partial charge in [0, 0.05) is 0 Å². The minimum atomic E-state index is -4.39. The zero-order valence-corrected chi connectivity index (χ0v) is 9.71. The van der Waals surface area contributed by atoms with Crippen molar-refractivity contribution in [3.63, 3.8) is 0 Å². The lowest BCUT2D eigenvalue weighted by Crippen LogP contribution is -2.04. The first-order valence-electron chi connectivity index (χ1n) is 5.48. The average Bonchev–Trinajstić information content (AvgIpc) is 2.37. The van der Waals surface area contributed by atoms with Gasteiger partial charge in [0.15, 0.2) is 0 Å². The molecule has 2 aromatic carbocycles. The lowest BCUT2D eigenvalue weighted by molar-refractivity contribution is -0.137. The SMILES string of the molecule is OCc1cc(F)cc(-c2ccc(C(F)(F)F)cc2)c1. The summed E-state index contributed by atoms with van der Waals surface area (Å²) in [6, 6.07) is 8.36. The zero-order chi connectivity index (χ0) is 14.0. The minimum Gasteiger partial charge on any atom is -0.392 e. The number of aliphatic hydroxyl groups is 1. The fourth-order valence-corrected chi connectivity index (χ4v) is 1.76. The smallest absolute Gasteiger partial charge is 0.392 e. The van der Waals surface area contributed by atoms with E-state index in [9.17, 15) is 17.6 Å². The van der Waals surface area contributed by atoms with Crippen LogP contribution >= 0.6 is 0 Å². The highest BCUT2D eigenvalue weighted by Crippen LogP contribution is 2.31. The van der Waals surface area contributed by atoms with Crippen molar-refractivity contribution >= 4 is 0 Å². The molecule has 0 bridgehead atoms. The molecule has 1 nitrogen and oxygen atoms in total. The van der Waals surface area contributed by atoms with Crippen LogP contribution in [0.4, 0.5) is 17.6 Å². The van der Waals surface area contributed by atoms with Gasteiger partial charge in [0.2, 0.25) is 0 Å². The standard InChI is InChI=1S/C14H10F4O/c15-13-6-9(8-19)5-11(7-13)10-1-3-12(4-2-10)14(16,17)18/h1-7,19H,8H2. The third-order valence-corrected chi connectivity index (χ3v) is 2.69. The lowest BCUT2D eigenvalue weighted by Gasteiger charge is -2.08. The fraction of sp³-hybridized carbons (Fsp3) is 0.143. The quantitative estimate of drug-likeness (QED) is 0.818. The minimum absolute atomic E-state index is 0.328. The van der Waals surface area contributed by atoms with Crippen molar-refractivity contribution in [3.8, 4) is 11.1 Å². The van der Waals surface area contributed by atoms with Gasteiger partial charge in [-0.25, -0.2) is 4.39 Å². The Labute approximate surface area is 107 Å². The molecule has 5 heteroatoms. The van der Waals surface area contributed by atoms with Gasteiger partial charge in [-0.1, -0.05) is 12.1 Å². The summed E-state index contributed by atoms with van der Waals surface area (Å²) in [5.41, 5.74) is 0.505. The third-order valence-electron chi connectivity index (χ3n) is 2.69. The first-order valence-corrected chi connectivity index (χ1v) is 5.48. The molecule has 0 fully saturated rings. The summed E-state index contributed by atoms with van der Waals surface area (Å²) < 4.78 is 50.5. The van der Waals surface area contributed by atoms with Crippen LogP contribution in [0.15, 0.2) is 42.5 Å². The fourth-order valence-electron chi connectivity index (χ4n) is 1.76. The Hall–Kier alpha value is -1.88. The van der Waals surface area contributed by atoms with Gasteiger partial charge in [0.05, 0.1) is 12.2 Å². The van der Waals surface area contributed by atoms with Crippen molar-refractivity contribution in [2.45, 2.75) is 12.8 Å². The van der Waals surface area contributed by atoms with Gasteiger partial charge >= 0.3 is 6.18 Å². The maximum absolute atomic E-state index is 13.3. The maximum Gasteiger partial charge on any atom is 0.416 e. The number of aliphatic hydroxyl groups excluding tert-OH is 1. The van der Waals surface area contributed by atoms with Crippen LogP contribution in [0, 0.1) is 5.82 Å². The Kier molecular flexibility index (Phi) is 3.57. The number of halogens is 4. The predicted octanol–water partition coefficient (Wildman–Crippen LogP) is 4.00. The van der Waals surface area contributed by atoms with E-state index in [1.807, 2.05) is 0 Å². The predicted molar refractivity (Wildman–Crippen MR) is 62.8 cm³/mol. The Morgan fingerprint density at radius 3 is 2.05 bits per heavy atom. The Morgan fingerprint density at radius 2 is 1.53 bits per heavy atom. The second-order valence-corrected chi connectivity index (χ2v) is 4.08. The molecule has 0 unspecified atom stereocenters. The Bertz CT molecular complexity index is 573. The normalized spacial score (nSPS) is 11.6. The van der Waals surface area contributed by atoms with Crippen LogP contribution in [0.1, 0.15) is 11.1 Å². The van der Waals surface area contributed by atoms with Crippen molar-refractivity contribution in [2.24, 2.45) is 0 Å². The molecule has 0 spiro atoms. The summed E-state index contributed by atoms with van der Waals surface area (Å²) in [6.45, 7) is -0.328. The van der Waals surface area contributed by atoms with Crippen LogP contribution in [0.5, 0.6) is 0 Å². The largest absolute Gasteiger partial charge is 0.416 e. The summed E-state index contributed by atoms with van der Waals surface area (Å²) in [5, 5.41) is 8.97. The van der Waals surface area contributed by atoms with Crippen LogP contribution in [0.3, 0.4) is 0 Å². The van der Waals surface area contributed by atoms with Crippen molar-refractivity contribution in [1.29, 1.82) is 0 Å². The van der Waals surface area contributed by atoms with E-state index in [1.54, 1.807) is 0 Å². The van der Waals surface area contributed by atoms with Crippen LogP contribution in [-0.2, 0) is 12.8 Å². The van der Waals surface area contributed by atoms with Crippen LogP contribution in [0.2, 0.25) is 0 Å². The molecular weight excluding hydrogens is 260 g/mol. The Morgan fingerprint density at radius 1 is 0.895 bits per heavy atom. The number of benzene rings is 2. The topological polar surface area (TPSA) is 20.2 Å². The number of hydrogen-bond donors (Lipinski definition) is 1. The lowest BCUT2D eigenvalue weighted by atomic mass is 10.0. The van der Waals surface area contributed by atoms with Crippen molar-refractivity contribution < 1.29 is 22.7 Å². The van der Waals surface area contributed by atoms with E-state index in [0.717, 1.165) is 12.1 Å². The molecule has 2 aromatic rings. The highest BCUT2D eigenvalue weighted by atomic mass is 19.4. The number of alkyl halides is 3. The van der Waals surface area contributed by atoms with Gasteiger partial charge in [-0.2, -0.15) is 13.2 Å². The van der Waals surface area contributed by atoms with Gasteiger partial charge in [-0.05, 0) is 47.0 Å². The first-order chi connectivity index (χ1) is 8.90. The van der Waals surface area contributed by atoms with E-state index in [2.05, 4.69) is 0 Å². The summed E-state index contributed by atoms with van der Waals surface area (Å²) >= 11 is 0. The van der Waals surface area contributed by atoms with Crippen LogP contribution in [-0.4, -0.2) is 5.11 Å². The van der Waals surface area contributed by atoms with Gasteiger partial charge in [0.25, 0.3) is 0 Å². The van der Waals surface area contributed by atoms with E-state index in [-0.39, 0.29) is 6.61 Å². The highest BCUT2D eigenvalue weighted by molar-refractivity contribution is 5.64. The summed E-state index contributed by atoms with van der Waals surface area (Å²) in [4.78, 5) is 0. The molecule has 100 valence electrons. The van der Waals surface area contributed by atoms with E-state index in [1.165, 1.54) is 30.3 Å². The van der Waals surface area contributed by atoms with Crippen molar-refractivity contribution in [1.82, 2.24) is 0 Å². The molecule has 0 atom stereocenters. The molecule has 0 saturated carbocycles. The van der Waals surface area contributed by atoms with E-state index in [4.69, 9.17) is 5.11 Å². The molecule has 0 aliphatic heterocycles. The van der Waals surface area contributed by atoms with Crippen molar-refractivity contribution in [3.05, 3.63) is 59.4 Å². The molecule has 2 rings (SSSR count). The maximum atomic E-state index is 13.3. The summed E-state index contributed by atoms with van der Waals surface area (Å²) in [7, 11) is 0. The molecule has 0 radical (unpaired) electrons. The second-order valence-electron chi connectivity index (χ2n) is 4.08. The molecular formula is C14H10F4O. The third kappa shape index (κ3) is 3.12. The summed E-state index contributed by atoms with van der Waals surface area (Å²) in [5.74, 6) is -0.540. The van der Waals surface area contributed by atoms with E-state index in [0.29, 0.717) is 16.7 Å². The van der Waals surface area contributed by atoms with Crippen LogP contribution in [0.25, 0.3) is 11.1 Å². The molecule has 1 N–H and O–H groups in total. The molecule has 19 heavy (non-hydrogen) atoms. The van der Waals surface area contributed by atoms with Crippen LogP contribution < -0.4 is 0 Å². The molecule has 0 aliphatic rings. The zero-order valence-electron chi connectivity index (χ0n) is 9.71. The number of rotatable bonds is 2. The first kappa shape index (κ1) is 13.5. The average molecular weight is 270 g/mol. The van der Waals surface area contributed by atoms with Gasteiger partial charge in [0.1, 0.15) is 5.82 Å². The second kappa shape index (κ2) is 5.01. The molecule has 0 amide bonds. The monoisotopic (exact) mass is 270 g/mol. The van der Waals surface area contributed by atoms with Gasteiger partial charge < -0.3 is 5.11 Å². The van der Waals surface area contributed by atoms with E-state index >= 15 is 0 Å². The Balaban J connectivity index is 2.40. The van der Waals surface area contributed by atoms with E-state index < -0.39 is 17.6 Å². The van der Waals surface area contributed by atoms with Gasteiger partial charge in [-0.15, -0.1) is 0 Å². The molecule has 0 aromatic heterocycles. The molecule has 0 aliphatic carbocycles. The molecule has 0 saturated heterocycles. The highest BCUT2D eigenvalue weighted by Gasteiger charge is 2.29. The number of hydrogen-bond acceptors (Lipinski definition) is 1. The van der Waals surface area contributed by atoms with Gasteiger partial charge in [-0.3, -0.25) is 0 Å².